The number of carboxylic acid groups (broad SMARTS) is 1. The maximum Gasteiger partial charge on any atom is 0.258 e. The Morgan fingerprint density at radius 1 is 1.30 bits per heavy atom. The second-order valence-electron chi connectivity index (χ2n) is 5.64. The van der Waals surface area contributed by atoms with Gasteiger partial charge in [0.15, 0.2) is 6.61 Å². The number of carbonyl (C=O) groups excluding carboxylic acids is 2. The predicted molar refractivity (Wildman–Crippen MR) is 73.4 cm³/mol. The Kier molecular flexibility index (Phi) is 5.13. The van der Waals surface area contributed by atoms with Crippen LogP contribution in [0, 0.1) is 6.92 Å². The van der Waals surface area contributed by atoms with Gasteiger partial charge >= 0.3 is 0 Å². The molecule has 5 nitrogen and oxygen atoms in total. The number of rotatable bonds is 5. The number of aryl methyl sites for hydroxylation is 1. The first-order valence-corrected chi connectivity index (χ1v) is 6.41. The zero-order valence-corrected chi connectivity index (χ0v) is 12.3. The Hall–Kier alpha value is -2.04. The van der Waals surface area contributed by atoms with Crippen LogP contribution < -0.4 is 15.2 Å². The van der Waals surface area contributed by atoms with Crippen LogP contribution in [0.1, 0.15) is 31.9 Å². The largest absolute Gasteiger partial charge is 0.548 e. The molecule has 1 N–H and O–H groups in total. The van der Waals surface area contributed by atoms with Gasteiger partial charge in [0.05, 0.1) is 12.5 Å². The molecule has 0 fully saturated rings. The molecule has 0 aliphatic carbocycles. The standard InChI is InChI=1S/C15H21NO4/c1-10-6-5-7-11(15(2,3)4)14(10)20-9-12(17)16-8-13(18)19/h5-7H,8-9H2,1-4H3,(H,16,17)(H,18,19)/p-1. The second kappa shape index (κ2) is 6.41. The van der Waals surface area contributed by atoms with Crippen LogP contribution >= 0.6 is 0 Å². The zero-order valence-electron chi connectivity index (χ0n) is 12.3. The van der Waals surface area contributed by atoms with E-state index in [0.717, 1.165) is 11.1 Å². The van der Waals surface area contributed by atoms with Crippen LogP contribution in [-0.2, 0) is 15.0 Å². The van der Waals surface area contributed by atoms with E-state index in [1.165, 1.54) is 0 Å². The van der Waals surface area contributed by atoms with Crippen molar-refractivity contribution in [2.45, 2.75) is 33.1 Å². The van der Waals surface area contributed by atoms with E-state index in [0.29, 0.717) is 5.75 Å². The van der Waals surface area contributed by atoms with Crippen molar-refractivity contribution in [3.8, 4) is 5.75 Å². The molecule has 0 atom stereocenters. The molecule has 1 aromatic rings. The Morgan fingerprint density at radius 3 is 2.50 bits per heavy atom. The number of ether oxygens (including phenoxy) is 1. The molecule has 0 aliphatic rings. The Bertz CT molecular complexity index is 503. The van der Waals surface area contributed by atoms with Crippen LogP contribution in [0.15, 0.2) is 18.2 Å². The van der Waals surface area contributed by atoms with Crippen molar-refractivity contribution < 1.29 is 19.4 Å². The third kappa shape index (κ3) is 4.57. The third-order valence-electron chi connectivity index (χ3n) is 2.80. The van der Waals surface area contributed by atoms with E-state index in [9.17, 15) is 14.7 Å². The van der Waals surface area contributed by atoms with Crippen molar-refractivity contribution >= 4 is 11.9 Å². The van der Waals surface area contributed by atoms with Gasteiger partial charge in [-0.1, -0.05) is 39.0 Å². The first-order chi connectivity index (χ1) is 9.21. The number of hydrogen-bond donors (Lipinski definition) is 1. The van der Waals surface area contributed by atoms with Crippen molar-refractivity contribution in [1.82, 2.24) is 5.32 Å². The molecular weight excluding hydrogens is 258 g/mol. The Labute approximate surface area is 118 Å². The number of hydrogen-bond acceptors (Lipinski definition) is 4. The quantitative estimate of drug-likeness (QED) is 0.852. The average Bonchev–Trinajstić information content (AvgIpc) is 2.33. The van der Waals surface area contributed by atoms with Gasteiger partial charge in [-0.3, -0.25) is 4.79 Å². The average molecular weight is 278 g/mol. The molecule has 5 heteroatoms. The third-order valence-corrected chi connectivity index (χ3v) is 2.80. The van der Waals surface area contributed by atoms with Crippen molar-refractivity contribution in [1.29, 1.82) is 0 Å². The molecule has 0 radical (unpaired) electrons. The van der Waals surface area contributed by atoms with Gasteiger partial charge in [-0.2, -0.15) is 0 Å². The number of nitrogens with one attached hydrogen (secondary N) is 1. The van der Waals surface area contributed by atoms with Gasteiger partial charge in [0, 0.05) is 0 Å². The summed E-state index contributed by atoms with van der Waals surface area (Å²) in [6.45, 7) is 7.35. The molecule has 1 amide bonds. The zero-order chi connectivity index (χ0) is 15.3. The number of para-hydroxylation sites is 1. The molecule has 110 valence electrons. The lowest BCUT2D eigenvalue weighted by Gasteiger charge is -2.24. The van der Waals surface area contributed by atoms with E-state index >= 15 is 0 Å². The summed E-state index contributed by atoms with van der Waals surface area (Å²) in [5.41, 5.74) is 1.83. The number of benzene rings is 1. The van der Waals surface area contributed by atoms with E-state index in [4.69, 9.17) is 4.74 Å². The lowest BCUT2D eigenvalue weighted by molar-refractivity contribution is -0.304. The first-order valence-electron chi connectivity index (χ1n) is 6.41. The van der Waals surface area contributed by atoms with Crippen molar-refractivity contribution in [3.63, 3.8) is 0 Å². The van der Waals surface area contributed by atoms with E-state index in [1.807, 2.05) is 25.1 Å². The molecule has 0 bridgehead atoms. The Balaban J connectivity index is 2.77. The highest BCUT2D eigenvalue weighted by Crippen LogP contribution is 2.33. The fraction of sp³-hybridized carbons (Fsp3) is 0.467. The molecule has 1 aromatic carbocycles. The summed E-state index contributed by atoms with van der Waals surface area (Å²) in [5, 5.41) is 12.5. The summed E-state index contributed by atoms with van der Waals surface area (Å²) in [6, 6.07) is 5.81. The molecule has 0 saturated carbocycles. The fourth-order valence-electron chi connectivity index (χ4n) is 1.79. The van der Waals surface area contributed by atoms with Crippen LogP contribution in [0.4, 0.5) is 0 Å². The minimum Gasteiger partial charge on any atom is -0.548 e. The number of amides is 1. The summed E-state index contributed by atoms with van der Waals surface area (Å²) < 4.78 is 5.56. The summed E-state index contributed by atoms with van der Waals surface area (Å²) >= 11 is 0. The SMILES string of the molecule is Cc1cccc(C(C)(C)C)c1OCC(=O)NCC(=O)[O-]. The topological polar surface area (TPSA) is 78.5 Å². The highest BCUT2D eigenvalue weighted by atomic mass is 16.5. The monoisotopic (exact) mass is 278 g/mol. The molecule has 0 aliphatic heterocycles. The normalized spacial score (nSPS) is 11.0. The van der Waals surface area contributed by atoms with E-state index in [-0.39, 0.29) is 12.0 Å². The Morgan fingerprint density at radius 2 is 1.95 bits per heavy atom. The number of aliphatic carboxylic acids is 1. The van der Waals surface area contributed by atoms with Crippen LogP contribution in [-0.4, -0.2) is 25.0 Å². The van der Waals surface area contributed by atoms with E-state index < -0.39 is 18.4 Å². The van der Waals surface area contributed by atoms with Crippen molar-refractivity contribution in [2.24, 2.45) is 0 Å². The van der Waals surface area contributed by atoms with Gasteiger partial charge < -0.3 is 20.0 Å². The van der Waals surface area contributed by atoms with Gasteiger partial charge in [0.25, 0.3) is 5.91 Å². The van der Waals surface area contributed by atoms with E-state index in [1.54, 1.807) is 0 Å². The molecule has 0 aromatic heterocycles. The maximum absolute atomic E-state index is 11.5. The second-order valence-corrected chi connectivity index (χ2v) is 5.64. The summed E-state index contributed by atoms with van der Waals surface area (Å²) in [4.78, 5) is 21.7. The van der Waals surface area contributed by atoms with Crippen molar-refractivity contribution in [2.75, 3.05) is 13.2 Å². The fourth-order valence-corrected chi connectivity index (χ4v) is 1.79. The number of carbonyl (C=O) groups is 2. The van der Waals surface area contributed by atoms with Gasteiger partial charge in [0.1, 0.15) is 5.75 Å². The van der Waals surface area contributed by atoms with Crippen LogP contribution in [0.25, 0.3) is 0 Å². The molecular formula is C15H20NO4-. The van der Waals surface area contributed by atoms with Crippen LogP contribution in [0.2, 0.25) is 0 Å². The van der Waals surface area contributed by atoms with Gasteiger partial charge in [-0.25, -0.2) is 0 Å². The molecule has 0 saturated heterocycles. The lowest BCUT2D eigenvalue weighted by Crippen LogP contribution is -2.39. The van der Waals surface area contributed by atoms with E-state index in [2.05, 4.69) is 26.1 Å². The van der Waals surface area contributed by atoms with Gasteiger partial charge in [0.2, 0.25) is 0 Å². The minimum atomic E-state index is -1.33. The predicted octanol–water partition coefficient (Wildman–Crippen LogP) is 0.537. The summed E-state index contributed by atoms with van der Waals surface area (Å²) in [6.07, 6.45) is 0. The highest BCUT2D eigenvalue weighted by Gasteiger charge is 2.20. The maximum atomic E-state index is 11.5. The van der Waals surface area contributed by atoms with Gasteiger partial charge in [-0.15, -0.1) is 0 Å². The smallest absolute Gasteiger partial charge is 0.258 e. The minimum absolute atomic E-state index is 0.108. The molecule has 0 heterocycles. The molecule has 20 heavy (non-hydrogen) atoms. The van der Waals surface area contributed by atoms with Crippen LogP contribution in [0.3, 0.4) is 0 Å². The van der Waals surface area contributed by atoms with Crippen LogP contribution in [0.5, 0.6) is 5.75 Å². The lowest BCUT2D eigenvalue weighted by atomic mass is 9.85. The number of carboxylic acids is 1. The molecule has 1 rings (SSSR count). The summed E-state index contributed by atoms with van der Waals surface area (Å²) in [7, 11) is 0. The first kappa shape index (κ1) is 16.0. The summed E-state index contributed by atoms with van der Waals surface area (Å²) in [5.74, 6) is -1.15. The molecule has 0 spiro atoms. The van der Waals surface area contributed by atoms with Crippen molar-refractivity contribution in [3.05, 3.63) is 29.3 Å². The molecule has 0 unspecified atom stereocenters. The highest BCUT2D eigenvalue weighted by molar-refractivity contribution is 5.81. The van der Waals surface area contributed by atoms with Gasteiger partial charge in [-0.05, 0) is 23.5 Å².